The number of halogens is 3. The molecule has 2 aromatic carbocycles. The Hall–Kier alpha value is -3.32. The van der Waals surface area contributed by atoms with Crippen molar-refractivity contribution < 1.29 is 18.0 Å². The van der Waals surface area contributed by atoms with E-state index in [1.54, 1.807) is 23.6 Å². The number of benzene rings is 2. The molecule has 2 aliphatic carbocycles. The number of aryl methyl sites for hydroxylation is 1. The van der Waals surface area contributed by atoms with Crippen LogP contribution in [0.3, 0.4) is 0 Å². The maximum atomic E-state index is 13.8. The Morgan fingerprint density at radius 2 is 1.72 bits per heavy atom. The molecule has 0 aliphatic heterocycles. The maximum Gasteiger partial charge on any atom is 0.416 e. The van der Waals surface area contributed by atoms with E-state index in [0.717, 1.165) is 55.9 Å². The highest BCUT2D eigenvalue weighted by atomic mass is 32.1. The number of nitrogens with one attached hydrogen (secondary N) is 2. The van der Waals surface area contributed by atoms with Gasteiger partial charge in [-0.15, -0.1) is 11.3 Å². The van der Waals surface area contributed by atoms with Crippen molar-refractivity contribution in [1.29, 1.82) is 0 Å². The SMILES string of the molecule is O=C(N/C(=C\c1ccccc1C(F)(F)F)C(NC1CCCc2ccccc21)=C1CCC1)c1cccs1. The van der Waals surface area contributed by atoms with Gasteiger partial charge in [0.2, 0.25) is 0 Å². The first-order chi connectivity index (χ1) is 17.4. The Bertz CT molecular complexity index is 1300. The second kappa shape index (κ2) is 10.3. The number of thiophene rings is 1. The minimum absolute atomic E-state index is 0.0229. The molecule has 2 aliphatic rings. The summed E-state index contributed by atoms with van der Waals surface area (Å²) in [5.74, 6) is -0.330. The summed E-state index contributed by atoms with van der Waals surface area (Å²) in [5, 5.41) is 8.42. The van der Waals surface area contributed by atoms with Crippen LogP contribution in [0.15, 0.2) is 83.0 Å². The average molecular weight is 509 g/mol. The smallest absolute Gasteiger partial charge is 0.377 e. The van der Waals surface area contributed by atoms with E-state index in [1.807, 2.05) is 12.1 Å². The van der Waals surface area contributed by atoms with Gasteiger partial charge < -0.3 is 10.6 Å². The molecule has 1 atom stereocenters. The molecule has 7 heteroatoms. The number of allylic oxidation sites excluding steroid dienone is 1. The van der Waals surface area contributed by atoms with Crippen molar-refractivity contribution in [2.75, 3.05) is 0 Å². The van der Waals surface area contributed by atoms with E-state index >= 15 is 0 Å². The van der Waals surface area contributed by atoms with Crippen molar-refractivity contribution in [3.05, 3.63) is 110 Å². The van der Waals surface area contributed by atoms with Crippen LogP contribution >= 0.6 is 11.3 Å². The predicted molar refractivity (Wildman–Crippen MR) is 137 cm³/mol. The summed E-state index contributed by atoms with van der Waals surface area (Å²) in [7, 11) is 0. The van der Waals surface area contributed by atoms with Crippen molar-refractivity contribution in [2.24, 2.45) is 0 Å². The highest BCUT2D eigenvalue weighted by Crippen LogP contribution is 2.37. The summed E-state index contributed by atoms with van der Waals surface area (Å²) in [6.07, 6.45) is 2.64. The molecule has 0 saturated heterocycles. The predicted octanol–water partition coefficient (Wildman–Crippen LogP) is 7.64. The Kier molecular flexibility index (Phi) is 7.01. The fraction of sp³-hybridized carbons (Fsp3) is 0.276. The molecule has 1 fully saturated rings. The zero-order valence-electron chi connectivity index (χ0n) is 19.7. The maximum absolute atomic E-state index is 13.8. The van der Waals surface area contributed by atoms with Gasteiger partial charge in [-0.3, -0.25) is 4.79 Å². The monoisotopic (exact) mass is 508 g/mol. The molecule has 0 radical (unpaired) electrons. The Morgan fingerprint density at radius 1 is 0.944 bits per heavy atom. The molecule has 36 heavy (non-hydrogen) atoms. The lowest BCUT2D eigenvalue weighted by Gasteiger charge is -2.32. The second-order valence-electron chi connectivity index (χ2n) is 9.19. The van der Waals surface area contributed by atoms with Gasteiger partial charge >= 0.3 is 6.18 Å². The van der Waals surface area contributed by atoms with Gasteiger partial charge in [-0.05, 0) is 84.4 Å². The lowest BCUT2D eigenvalue weighted by molar-refractivity contribution is -0.137. The van der Waals surface area contributed by atoms with Crippen LogP contribution in [-0.4, -0.2) is 5.91 Å². The van der Waals surface area contributed by atoms with Crippen LogP contribution in [-0.2, 0) is 12.6 Å². The van der Waals surface area contributed by atoms with Gasteiger partial charge in [0.15, 0.2) is 0 Å². The second-order valence-corrected chi connectivity index (χ2v) is 10.1. The Labute approximate surface area is 212 Å². The van der Waals surface area contributed by atoms with Crippen LogP contribution in [0.5, 0.6) is 0 Å². The summed E-state index contributed by atoms with van der Waals surface area (Å²) in [6.45, 7) is 0. The third-order valence-corrected chi connectivity index (χ3v) is 7.70. The molecule has 5 rings (SSSR count). The lowest BCUT2D eigenvalue weighted by Crippen LogP contribution is -2.33. The molecule has 1 saturated carbocycles. The molecular weight excluding hydrogens is 481 g/mol. The molecule has 0 spiro atoms. The fourth-order valence-electron chi connectivity index (χ4n) is 4.85. The summed E-state index contributed by atoms with van der Waals surface area (Å²) in [6, 6.07) is 17.3. The number of carbonyl (C=O) groups excluding carboxylic acids is 1. The van der Waals surface area contributed by atoms with Gasteiger partial charge in [0.05, 0.1) is 27.9 Å². The quantitative estimate of drug-likeness (QED) is 0.359. The molecule has 3 nitrogen and oxygen atoms in total. The van der Waals surface area contributed by atoms with Crippen molar-refractivity contribution in [3.63, 3.8) is 0 Å². The average Bonchev–Trinajstić information content (AvgIpc) is 3.37. The normalized spacial score (nSPS) is 17.7. The minimum Gasteiger partial charge on any atom is -0.377 e. The summed E-state index contributed by atoms with van der Waals surface area (Å²) in [5.41, 5.74) is 4.03. The van der Waals surface area contributed by atoms with E-state index in [-0.39, 0.29) is 17.5 Å². The topological polar surface area (TPSA) is 41.1 Å². The summed E-state index contributed by atoms with van der Waals surface area (Å²) < 4.78 is 41.5. The number of amides is 1. The lowest BCUT2D eigenvalue weighted by atomic mass is 9.85. The highest BCUT2D eigenvalue weighted by Gasteiger charge is 2.33. The van der Waals surface area contributed by atoms with Crippen molar-refractivity contribution in [3.8, 4) is 0 Å². The van der Waals surface area contributed by atoms with Crippen LogP contribution in [0.4, 0.5) is 13.2 Å². The van der Waals surface area contributed by atoms with Crippen molar-refractivity contribution in [1.82, 2.24) is 10.6 Å². The van der Waals surface area contributed by atoms with Gasteiger partial charge in [0.25, 0.3) is 5.91 Å². The van der Waals surface area contributed by atoms with E-state index in [0.29, 0.717) is 10.6 Å². The minimum atomic E-state index is -4.50. The fourth-order valence-corrected chi connectivity index (χ4v) is 5.47. The molecule has 3 aromatic rings. The van der Waals surface area contributed by atoms with E-state index in [4.69, 9.17) is 0 Å². The van der Waals surface area contributed by atoms with E-state index in [2.05, 4.69) is 22.8 Å². The first-order valence-corrected chi connectivity index (χ1v) is 13.1. The number of fused-ring (bicyclic) bond motifs is 1. The van der Waals surface area contributed by atoms with Crippen LogP contribution in [0.25, 0.3) is 6.08 Å². The number of alkyl halides is 3. The van der Waals surface area contributed by atoms with Gasteiger partial charge in [0, 0.05) is 0 Å². The van der Waals surface area contributed by atoms with Crippen LogP contribution in [0, 0.1) is 0 Å². The molecule has 2 N–H and O–H groups in total. The summed E-state index contributed by atoms with van der Waals surface area (Å²) in [4.78, 5) is 13.6. The third-order valence-electron chi connectivity index (χ3n) is 6.83. The molecule has 1 unspecified atom stereocenters. The zero-order chi connectivity index (χ0) is 25.1. The van der Waals surface area contributed by atoms with Crippen molar-refractivity contribution in [2.45, 2.75) is 50.7 Å². The van der Waals surface area contributed by atoms with Crippen LogP contribution < -0.4 is 10.6 Å². The largest absolute Gasteiger partial charge is 0.416 e. The van der Waals surface area contributed by atoms with Crippen LogP contribution in [0.2, 0.25) is 0 Å². The van der Waals surface area contributed by atoms with E-state index in [1.165, 1.54) is 40.7 Å². The first kappa shape index (κ1) is 24.4. The van der Waals surface area contributed by atoms with Gasteiger partial charge in [0.1, 0.15) is 0 Å². The number of hydrogen-bond donors (Lipinski definition) is 2. The number of hydrogen-bond acceptors (Lipinski definition) is 3. The Morgan fingerprint density at radius 3 is 2.44 bits per heavy atom. The zero-order valence-corrected chi connectivity index (χ0v) is 20.5. The molecule has 0 bridgehead atoms. The molecule has 1 aromatic heterocycles. The first-order valence-electron chi connectivity index (χ1n) is 12.2. The van der Waals surface area contributed by atoms with Gasteiger partial charge in [-0.1, -0.05) is 48.5 Å². The van der Waals surface area contributed by atoms with Gasteiger partial charge in [-0.25, -0.2) is 0 Å². The van der Waals surface area contributed by atoms with E-state index in [9.17, 15) is 18.0 Å². The molecule has 1 heterocycles. The number of rotatable bonds is 6. The molecule has 186 valence electrons. The third kappa shape index (κ3) is 5.26. The number of carbonyl (C=O) groups is 1. The van der Waals surface area contributed by atoms with Gasteiger partial charge in [-0.2, -0.15) is 13.2 Å². The standard InChI is InChI=1S/C29H27F3N2OS/c30-29(31,32)23-14-4-2-9-21(23)18-25(34-28(35)26-16-7-17-36-26)27(20-11-5-12-20)33-24-15-6-10-19-8-1-3-13-22(19)24/h1-4,7-9,13-14,16-18,24,33H,5-6,10-12,15H2,(H,34,35)/b25-18-. The highest BCUT2D eigenvalue weighted by molar-refractivity contribution is 7.12. The Balaban J connectivity index is 1.58. The molecular formula is C29H27F3N2OS. The van der Waals surface area contributed by atoms with E-state index < -0.39 is 11.7 Å². The van der Waals surface area contributed by atoms with Crippen molar-refractivity contribution >= 4 is 23.3 Å². The summed E-state index contributed by atoms with van der Waals surface area (Å²) >= 11 is 1.30. The molecule has 1 amide bonds. The van der Waals surface area contributed by atoms with Crippen LogP contribution in [0.1, 0.15) is 70.1 Å².